The van der Waals surface area contributed by atoms with Gasteiger partial charge in [0.1, 0.15) is 11.6 Å². The Morgan fingerprint density at radius 3 is 2.86 bits per heavy atom. The Morgan fingerprint density at radius 2 is 2.29 bits per heavy atom. The molecule has 0 amide bonds. The molecule has 0 aromatic carbocycles. The second kappa shape index (κ2) is 6.57. The summed E-state index contributed by atoms with van der Waals surface area (Å²) in [5.41, 5.74) is -0.665. The number of ether oxygens (including phenoxy) is 2. The molecule has 2 fully saturated rings. The van der Waals surface area contributed by atoms with Crippen LogP contribution in [0.5, 0.6) is 0 Å². The van der Waals surface area contributed by atoms with Gasteiger partial charge in [-0.3, -0.25) is 4.79 Å². The molecule has 122 valence electrons. The number of rotatable bonds is 6. The van der Waals surface area contributed by atoms with E-state index in [2.05, 4.69) is 4.72 Å². The van der Waals surface area contributed by atoms with Crippen LogP contribution in [0.4, 0.5) is 0 Å². The van der Waals surface area contributed by atoms with E-state index < -0.39 is 27.8 Å². The number of nitrogens with zero attached hydrogens (tertiary/aromatic N) is 1. The minimum absolute atomic E-state index is 0.0780. The second-order valence-corrected chi connectivity index (χ2v) is 7.18. The van der Waals surface area contributed by atoms with Crippen molar-refractivity contribution in [1.82, 2.24) is 9.03 Å². The lowest BCUT2D eigenvalue weighted by atomic mass is 10.0. The number of carboxylic acids is 1. The fourth-order valence-corrected chi connectivity index (χ4v) is 4.22. The molecule has 2 atom stereocenters. The molecular formula is C12H22N2O6S. The van der Waals surface area contributed by atoms with E-state index in [1.807, 2.05) is 0 Å². The van der Waals surface area contributed by atoms with E-state index >= 15 is 0 Å². The van der Waals surface area contributed by atoms with Crippen molar-refractivity contribution in [2.45, 2.75) is 37.3 Å². The Labute approximate surface area is 124 Å². The lowest BCUT2D eigenvalue weighted by Crippen LogP contribution is -2.55. The van der Waals surface area contributed by atoms with Gasteiger partial charge < -0.3 is 14.6 Å². The number of piperidine rings is 1. The maximum Gasteiger partial charge on any atom is 0.322 e. The summed E-state index contributed by atoms with van der Waals surface area (Å²) >= 11 is 0. The van der Waals surface area contributed by atoms with Crippen molar-refractivity contribution < 1.29 is 27.8 Å². The van der Waals surface area contributed by atoms with Crippen LogP contribution in [-0.4, -0.2) is 68.9 Å². The molecule has 0 aromatic heterocycles. The number of carbonyl (C=O) groups is 1. The average Bonchev–Trinajstić information content (AvgIpc) is 2.95. The van der Waals surface area contributed by atoms with Gasteiger partial charge in [0.15, 0.2) is 0 Å². The molecule has 0 saturated carbocycles. The van der Waals surface area contributed by atoms with E-state index in [1.165, 1.54) is 7.11 Å². The van der Waals surface area contributed by atoms with Crippen molar-refractivity contribution in [3.8, 4) is 0 Å². The summed E-state index contributed by atoms with van der Waals surface area (Å²) in [5.74, 6) is -1.11. The highest BCUT2D eigenvalue weighted by Gasteiger charge is 2.40. The van der Waals surface area contributed by atoms with Crippen LogP contribution in [-0.2, 0) is 24.5 Å². The Morgan fingerprint density at radius 1 is 1.52 bits per heavy atom. The van der Waals surface area contributed by atoms with Crippen molar-refractivity contribution in [2.75, 3.05) is 33.4 Å². The Bertz CT molecular complexity index is 474. The smallest absolute Gasteiger partial charge is 0.322 e. The Balaban J connectivity index is 2.04. The molecule has 2 unspecified atom stereocenters. The standard InChI is InChI=1S/C12H22N2O6S/c1-19-12(5-7-20-9-12)8-13-21(17,18)14-6-3-2-4-10(14)11(15)16/h10,13H,2-9H2,1H3,(H,15,16). The molecular weight excluding hydrogens is 300 g/mol. The first-order chi connectivity index (χ1) is 9.90. The molecule has 0 aliphatic carbocycles. The molecule has 8 nitrogen and oxygen atoms in total. The summed E-state index contributed by atoms with van der Waals surface area (Å²) < 4.78 is 38.9. The fourth-order valence-electron chi connectivity index (χ4n) is 2.71. The molecule has 2 heterocycles. The van der Waals surface area contributed by atoms with Gasteiger partial charge in [0.05, 0.1) is 6.61 Å². The first-order valence-electron chi connectivity index (χ1n) is 7.02. The first-order valence-corrected chi connectivity index (χ1v) is 8.46. The van der Waals surface area contributed by atoms with Crippen LogP contribution >= 0.6 is 0 Å². The van der Waals surface area contributed by atoms with Gasteiger partial charge in [-0.05, 0) is 19.3 Å². The molecule has 2 saturated heterocycles. The van der Waals surface area contributed by atoms with Crippen LogP contribution in [0.15, 0.2) is 0 Å². The van der Waals surface area contributed by atoms with Crippen LogP contribution in [0.2, 0.25) is 0 Å². The lowest BCUT2D eigenvalue weighted by Gasteiger charge is -2.33. The van der Waals surface area contributed by atoms with E-state index in [0.717, 1.165) is 10.7 Å². The van der Waals surface area contributed by atoms with Crippen molar-refractivity contribution in [3.63, 3.8) is 0 Å². The third kappa shape index (κ3) is 3.72. The van der Waals surface area contributed by atoms with E-state index in [1.54, 1.807) is 0 Å². The normalized spacial score (nSPS) is 31.4. The highest BCUT2D eigenvalue weighted by molar-refractivity contribution is 7.87. The molecule has 0 spiro atoms. The van der Waals surface area contributed by atoms with Gasteiger partial charge >= 0.3 is 5.97 Å². The van der Waals surface area contributed by atoms with Crippen LogP contribution in [0.3, 0.4) is 0 Å². The van der Waals surface area contributed by atoms with Crippen LogP contribution < -0.4 is 4.72 Å². The zero-order valence-electron chi connectivity index (χ0n) is 12.1. The number of carboxylic acid groups (broad SMARTS) is 1. The van der Waals surface area contributed by atoms with Crippen molar-refractivity contribution in [2.24, 2.45) is 0 Å². The fraction of sp³-hybridized carbons (Fsp3) is 0.917. The van der Waals surface area contributed by atoms with Gasteiger partial charge in [-0.1, -0.05) is 0 Å². The number of methoxy groups -OCH3 is 1. The first kappa shape index (κ1) is 16.6. The molecule has 0 aromatic rings. The SMILES string of the molecule is COC1(CNS(=O)(=O)N2CCCCC2C(=O)O)CCOC1. The topological polar surface area (TPSA) is 105 Å². The summed E-state index contributed by atoms with van der Waals surface area (Å²) in [4.78, 5) is 11.2. The lowest BCUT2D eigenvalue weighted by molar-refractivity contribution is -0.142. The van der Waals surface area contributed by atoms with Gasteiger partial charge in [0, 0.05) is 33.2 Å². The third-order valence-corrected chi connectivity index (χ3v) is 5.69. The minimum Gasteiger partial charge on any atom is -0.480 e. The van der Waals surface area contributed by atoms with Crippen LogP contribution in [0, 0.1) is 0 Å². The summed E-state index contributed by atoms with van der Waals surface area (Å²) in [6.45, 7) is 1.16. The molecule has 2 aliphatic rings. The maximum atomic E-state index is 12.4. The van der Waals surface area contributed by atoms with Crippen LogP contribution in [0.25, 0.3) is 0 Å². The summed E-state index contributed by atoms with van der Waals surface area (Å²) in [5, 5.41) is 9.17. The van der Waals surface area contributed by atoms with Crippen LogP contribution in [0.1, 0.15) is 25.7 Å². The van der Waals surface area contributed by atoms with E-state index in [9.17, 15) is 18.3 Å². The zero-order chi connectivity index (χ0) is 15.5. The number of hydrogen-bond donors (Lipinski definition) is 2. The molecule has 2 N–H and O–H groups in total. The van der Waals surface area contributed by atoms with Gasteiger partial charge in [-0.15, -0.1) is 0 Å². The molecule has 21 heavy (non-hydrogen) atoms. The number of nitrogens with one attached hydrogen (secondary N) is 1. The van der Waals surface area contributed by atoms with E-state index in [4.69, 9.17) is 9.47 Å². The third-order valence-electron chi connectivity index (χ3n) is 4.12. The highest BCUT2D eigenvalue weighted by atomic mass is 32.2. The zero-order valence-corrected chi connectivity index (χ0v) is 12.9. The van der Waals surface area contributed by atoms with Crippen molar-refractivity contribution in [1.29, 1.82) is 0 Å². The summed E-state index contributed by atoms with van der Waals surface area (Å²) in [6, 6.07) is -0.991. The second-order valence-electron chi connectivity index (χ2n) is 5.48. The van der Waals surface area contributed by atoms with Gasteiger partial charge in [-0.2, -0.15) is 17.4 Å². The average molecular weight is 322 g/mol. The Kier molecular flexibility index (Phi) is 5.20. The Hall–Kier alpha value is -0.740. The minimum atomic E-state index is -3.85. The number of hydrogen-bond acceptors (Lipinski definition) is 5. The predicted octanol–water partition coefficient (Wildman–Crippen LogP) is -0.435. The van der Waals surface area contributed by atoms with Gasteiger partial charge in [0.25, 0.3) is 10.2 Å². The molecule has 0 radical (unpaired) electrons. The van der Waals surface area contributed by atoms with Crippen molar-refractivity contribution in [3.05, 3.63) is 0 Å². The summed E-state index contributed by atoms with van der Waals surface area (Å²) in [7, 11) is -2.33. The van der Waals surface area contributed by atoms with Gasteiger partial charge in [0.2, 0.25) is 0 Å². The van der Waals surface area contributed by atoms with E-state index in [-0.39, 0.29) is 13.1 Å². The molecule has 0 bridgehead atoms. The molecule has 2 aliphatic heterocycles. The highest BCUT2D eigenvalue weighted by Crippen LogP contribution is 2.23. The number of aliphatic carboxylic acids is 1. The maximum absolute atomic E-state index is 12.4. The largest absolute Gasteiger partial charge is 0.480 e. The molecule has 9 heteroatoms. The van der Waals surface area contributed by atoms with Gasteiger partial charge in [-0.25, -0.2) is 0 Å². The summed E-state index contributed by atoms with van der Waals surface area (Å²) in [6.07, 6.45) is 2.34. The monoisotopic (exact) mass is 322 g/mol. The van der Waals surface area contributed by atoms with Crippen molar-refractivity contribution >= 4 is 16.2 Å². The van der Waals surface area contributed by atoms with E-state index in [0.29, 0.717) is 32.5 Å². The quantitative estimate of drug-likeness (QED) is 0.687. The predicted molar refractivity (Wildman–Crippen MR) is 74.1 cm³/mol. The molecule has 2 rings (SSSR count).